The molecule has 3 aliphatic rings. The number of carboxylic acid groups (broad SMARTS) is 1. The molecule has 2 N–H and O–H groups in total. The highest BCUT2D eigenvalue weighted by Gasteiger charge is 2.68. The van der Waals surface area contributed by atoms with E-state index in [-0.39, 0.29) is 17.6 Å². The average Bonchev–Trinajstić information content (AvgIpc) is 2.66. The van der Waals surface area contributed by atoms with E-state index in [2.05, 4.69) is 0 Å². The number of ether oxygens (including phenoxy) is 1. The summed E-state index contributed by atoms with van der Waals surface area (Å²) in [5.74, 6) is -1.95. The maximum Gasteiger partial charge on any atom is 0.352 e. The van der Waals surface area contributed by atoms with Gasteiger partial charge in [-0.25, -0.2) is 4.79 Å². The minimum Gasteiger partial charge on any atom is -0.477 e. The Balaban J connectivity index is 2.12. The third-order valence-electron chi connectivity index (χ3n) is 4.97. The zero-order chi connectivity index (χ0) is 14.7. The molecule has 110 valence electrons. The number of amides is 1. The summed E-state index contributed by atoms with van der Waals surface area (Å²) in [4.78, 5) is 25.1. The molecule has 6 heteroatoms. The van der Waals surface area contributed by atoms with Crippen LogP contribution in [0.1, 0.15) is 32.6 Å². The second-order valence-corrected chi connectivity index (χ2v) is 5.85. The molecule has 0 aromatic heterocycles. The monoisotopic (exact) mass is 281 g/mol. The molecule has 2 fully saturated rings. The van der Waals surface area contributed by atoms with E-state index >= 15 is 0 Å². The smallest absolute Gasteiger partial charge is 0.352 e. The Hall–Kier alpha value is -1.40. The zero-order valence-corrected chi connectivity index (χ0v) is 11.6. The molecule has 0 unspecified atom stereocenters. The quantitative estimate of drug-likeness (QED) is 0.736. The highest BCUT2D eigenvalue weighted by Crippen LogP contribution is 2.55. The minimum absolute atomic E-state index is 0.0819. The van der Waals surface area contributed by atoms with Gasteiger partial charge in [-0.05, 0) is 38.2 Å². The van der Waals surface area contributed by atoms with Crippen LogP contribution in [0.3, 0.4) is 0 Å². The SMILES string of the molecule is CO[C@@]12CCCCC1=C(C(=O)O)N1C(=O)[C@H]([C@@H](C)O)[C@H]12. The van der Waals surface area contributed by atoms with Crippen LogP contribution in [0.2, 0.25) is 0 Å². The van der Waals surface area contributed by atoms with Crippen molar-refractivity contribution in [1.82, 2.24) is 4.90 Å². The number of carbonyl (C=O) groups is 2. The van der Waals surface area contributed by atoms with Crippen LogP contribution in [0, 0.1) is 5.92 Å². The Morgan fingerprint density at radius 1 is 1.50 bits per heavy atom. The Labute approximate surface area is 117 Å². The van der Waals surface area contributed by atoms with E-state index in [1.54, 1.807) is 14.0 Å². The molecule has 1 saturated heterocycles. The number of hydrogen-bond donors (Lipinski definition) is 2. The predicted octanol–water partition coefficient (Wildman–Crippen LogP) is 0.506. The second-order valence-electron chi connectivity index (χ2n) is 5.85. The van der Waals surface area contributed by atoms with Crippen molar-refractivity contribution in [3.8, 4) is 0 Å². The highest BCUT2D eigenvalue weighted by atomic mass is 16.5. The summed E-state index contributed by atoms with van der Waals surface area (Å²) in [6.07, 6.45) is 2.39. The number of methoxy groups -OCH3 is 1. The molecule has 3 rings (SSSR count). The van der Waals surface area contributed by atoms with Gasteiger partial charge in [-0.3, -0.25) is 9.69 Å². The fourth-order valence-electron chi connectivity index (χ4n) is 4.15. The molecule has 0 spiro atoms. The van der Waals surface area contributed by atoms with Crippen molar-refractivity contribution in [3.63, 3.8) is 0 Å². The van der Waals surface area contributed by atoms with Crippen molar-refractivity contribution in [2.24, 2.45) is 5.92 Å². The number of carboxylic acids is 1. The van der Waals surface area contributed by atoms with E-state index in [9.17, 15) is 19.8 Å². The third-order valence-corrected chi connectivity index (χ3v) is 4.97. The molecule has 0 aromatic rings. The van der Waals surface area contributed by atoms with Gasteiger partial charge in [-0.1, -0.05) is 0 Å². The Morgan fingerprint density at radius 2 is 2.20 bits per heavy atom. The first-order valence-electron chi connectivity index (χ1n) is 6.99. The van der Waals surface area contributed by atoms with E-state index in [1.165, 1.54) is 4.90 Å². The van der Waals surface area contributed by atoms with Gasteiger partial charge in [-0.15, -0.1) is 0 Å². The Morgan fingerprint density at radius 3 is 2.75 bits per heavy atom. The molecule has 4 atom stereocenters. The molecule has 1 saturated carbocycles. The van der Waals surface area contributed by atoms with Gasteiger partial charge in [0, 0.05) is 7.11 Å². The maximum atomic E-state index is 12.2. The number of aliphatic carboxylic acids is 1. The molecular formula is C14H19NO5. The normalized spacial score (nSPS) is 37.4. The van der Waals surface area contributed by atoms with Gasteiger partial charge in [0.25, 0.3) is 0 Å². The molecule has 20 heavy (non-hydrogen) atoms. The molecule has 0 radical (unpaired) electrons. The lowest BCUT2D eigenvalue weighted by atomic mass is 9.69. The van der Waals surface area contributed by atoms with Crippen LogP contribution >= 0.6 is 0 Å². The third kappa shape index (κ3) is 1.41. The van der Waals surface area contributed by atoms with E-state index in [4.69, 9.17) is 4.74 Å². The first-order valence-corrected chi connectivity index (χ1v) is 6.99. The van der Waals surface area contributed by atoms with Crippen LogP contribution in [0.15, 0.2) is 11.3 Å². The van der Waals surface area contributed by atoms with Crippen molar-refractivity contribution < 1.29 is 24.5 Å². The van der Waals surface area contributed by atoms with Gasteiger partial charge in [0.2, 0.25) is 5.91 Å². The topological polar surface area (TPSA) is 87.1 Å². The van der Waals surface area contributed by atoms with Crippen LogP contribution in [-0.2, 0) is 14.3 Å². The van der Waals surface area contributed by atoms with Gasteiger partial charge in [0.1, 0.15) is 11.3 Å². The molecular weight excluding hydrogens is 262 g/mol. The van der Waals surface area contributed by atoms with Gasteiger partial charge < -0.3 is 14.9 Å². The molecule has 1 amide bonds. The molecule has 6 nitrogen and oxygen atoms in total. The van der Waals surface area contributed by atoms with Crippen LogP contribution in [0.25, 0.3) is 0 Å². The van der Waals surface area contributed by atoms with Crippen molar-refractivity contribution >= 4 is 11.9 Å². The van der Waals surface area contributed by atoms with E-state index in [0.29, 0.717) is 12.8 Å². The van der Waals surface area contributed by atoms with Crippen LogP contribution in [0.4, 0.5) is 0 Å². The summed E-state index contributed by atoms with van der Waals surface area (Å²) in [5.41, 5.74) is 0.0837. The van der Waals surface area contributed by atoms with Gasteiger partial charge in [0.15, 0.2) is 0 Å². The number of carbonyl (C=O) groups excluding carboxylic acids is 1. The number of rotatable bonds is 3. The number of nitrogens with zero attached hydrogens (tertiary/aromatic N) is 1. The summed E-state index contributed by atoms with van der Waals surface area (Å²) >= 11 is 0. The molecule has 1 aliphatic carbocycles. The van der Waals surface area contributed by atoms with Crippen molar-refractivity contribution in [3.05, 3.63) is 11.3 Å². The van der Waals surface area contributed by atoms with Crippen LogP contribution in [-0.4, -0.2) is 51.8 Å². The first-order chi connectivity index (χ1) is 9.45. The lowest BCUT2D eigenvalue weighted by Crippen LogP contribution is -2.69. The van der Waals surface area contributed by atoms with Crippen LogP contribution < -0.4 is 0 Å². The van der Waals surface area contributed by atoms with Gasteiger partial charge in [-0.2, -0.15) is 0 Å². The second kappa shape index (κ2) is 4.30. The Kier molecular flexibility index (Phi) is 2.92. The summed E-state index contributed by atoms with van der Waals surface area (Å²) in [7, 11) is 1.57. The van der Waals surface area contributed by atoms with Crippen LogP contribution in [0.5, 0.6) is 0 Å². The maximum absolute atomic E-state index is 12.2. The van der Waals surface area contributed by atoms with Gasteiger partial charge in [0.05, 0.1) is 18.1 Å². The minimum atomic E-state index is -1.08. The number of fused-ring (bicyclic) bond motifs is 3. The van der Waals surface area contributed by atoms with Crippen molar-refractivity contribution in [2.75, 3.05) is 7.11 Å². The molecule has 2 aliphatic heterocycles. The highest BCUT2D eigenvalue weighted by molar-refractivity contribution is 6.00. The number of aliphatic hydroxyl groups is 1. The molecule has 0 bridgehead atoms. The zero-order valence-electron chi connectivity index (χ0n) is 11.6. The summed E-state index contributed by atoms with van der Waals surface area (Å²) in [6, 6.07) is -0.374. The lowest BCUT2D eigenvalue weighted by Gasteiger charge is -2.52. The summed E-state index contributed by atoms with van der Waals surface area (Å²) < 4.78 is 5.72. The van der Waals surface area contributed by atoms with E-state index in [0.717, 1.165) is 18.4 Å². The standard InChI is InChI=1S/C14H19NO5/c1-7(16)9-11-14(20-2)6-4-3-5-8(14)10(13(18)19)15(11)12(9)17/h7,9,11,16H,3-6H2,1-2H3,(H,18,19)/t7-,9-,11+,14+/m1/s1. The van der Waals surface area contributed by atoms with Crippen molar-refractivity contribution in [1.29, 1.82) is 0 Å². The number of β-lactam (4-membered cyclic amide) rings is 1. The fourth-order valence-corrected chi connectivity index (χ4v) is 4.15. The summed E-state index contributed by atoms with van der Waals surface area (Å²) in [6.45, 7) is 1.57. The largest absolute Gasteiger partial charge is 0.477 e. The predicted molar refractivity (Wildman–Crippen MR) is 68.7 cm³/mol. The molecule has 2 heterocycles. The lowest BCUT2D eigenvalue weighted by molar-refractivity contribution is -0.177. The molecule has 0 aromatic carbocycles. The van der Waals surface area contributed by atoms with Crippen molar-refractivity contribution in [2.45, 2.75) is 50.4 Å². The average molecular weight is 281 g/mol. The summed E-state index contributed by atoms with van der Waals surface area (Å²) in [5, 5.41) is 19.3. The van der Waals surface area contributed by atoms with Gasteiger partial charge >= 0.3 is 5.97 Å². The number of hydrogen-bond acceptors (Lipinski definition) is 4. The Bertz CT molecular complexity index is 512. The van der Waals surface area contributed by atoms with E-state index < -0.39 is 23.6 Å². The first kappa shape index (κ1) is 13.6. The van der Waals surface area contributed by atoms with E-state index in [1.807, 2.05) is 0 Å². The fraction of sp³-hybridized carbons (Fsp3) is 0.714. The number of aliphatic hydroxyl groups excluding tert-OH is 1.